The number of hydrogen-bond acceptors (Lipinski definition) is 2. The van der Waals surface area contributed by atoms with Gasteiger partial charge in [-0.15, -0.1) is 0 Å². The lowest BCUT2D eigenvalue weighted by Crippen LogP contribution is -2.49. The van der Waals surface area contributed by atoms with E-state index < -0.39 is 0 Å². The lowest BCUT2D eigenvalue weighted by atomic mass is 9.96. The number of anilines is 1. The van der Waals surface area contributed by atoms with Crippen LogP contribution >= 0.6 is 0 Å². The minimum Gasteiger partial charge on any atom is -0.362 e. The van der Waals surface area contributed by atoms with Gasteiger partial charge in [-0.05, 0) is 41.2 Å². The second kappa shape index (κ2) is 7.21. The van der Waals surface area contributed by atoms with Gasteiger partial charge in [0, 0.05) is 31.9 Å². The Kier molecular flexibility index (Phi) is 4.43. The average molecular weight is 354 g/mol. The Morgan fingerprint density at radius 2 is 1.48 bits per heavy atom. The van der Waals surface area contributed by atoms with Gasteiger partial charge in [0.15, 0.2) is 0 Å². The molecule has 2 heterocycles. The van der Waals surface area contributed by atoms with Crippen molar-refractivity contribution >= 4 is 5.69 Å². The number of nitrogens with zero attached hydrogens (tertiary/aromatic N) is 2. The van der Waals surface area contributed by atoms with Gasteiger partial charge in [-0.2, -0.15) is 0 Å². The number of hydrogen-bond donors (Lipinski definition) is 0. The normalized spacial score (nSPS) is 19.0. The highest BCUT2D eigenvalue weighted by atomic mass is 15.3. The van der Waals surface area contributed by atoms with Gasteiger partial charge in [0.05, 0.1) is 6.04 Å². The minimum atomic E-state index is 0.453. The second-order valence-electron chi connectivity index (χ2n) is 7.75. The molecule has 1 saturated heterocycles. The van der Waals surface area contributed by atoms with E-state index in [1.54, 1.807) is 0 Å². The first-order valence-corrected chi connectivity index (χ1v) is 10.1. The summed E-state index contributed by atoms with van der Waals surface area (Å²) in [5.74, 6) is 0. The van der Waals surface area contributed by atoms with Gasteiger partial charge in [0.1, 0.15) is 0 Å². The summed E-state index contributed by atoms with van der Waals surface area (Å²) in [6.45, 7) is 4.49. The van der Waals surface area contributed by atoms with Crippen LogP contribution in [-0.2, 0) is 12.8 Å². The van der Waals surface area contributed by atoms with Crippen LogP contribution in [0.3, 0.4) is 0 Å². The Labute approximate surface area is 162 Å². The highest BCUT2D eigenvalue weighted by molar-refractivity contribution is 5.60. The van der Waals surface area contributed by atoms with Crippen LogP contribution in [0.1, 0.15) is 28.3 Å². The van der Waals surface area contributed by atoms with E-state index in [1.807, 2.05) is 0 Å². The minimum absolute atomic E-state index is 0.453. The third-order valence-electron chi connectivity index (χ3n) is 6.12. The van der Waals surface area contributed by atoms with Gasteiger partial charge in [-0.25, -0.2) is 0 Å². The zero-order valence-corrected chi connectivity index (χ0v) is 15.7. The third kappa shape index (κ3) is 3.26. The topological polar surface area (TPSA) is 6.48 Å². The van der Waals surface area contributed by atoms with Crippen molar-refractivity contribution in [3.63, 3.8) is 0 Å². The molecule has 0 N–H and O–H groups in total. The number of benzene rings is 3. The lowest BCUT2D eigenvalue weighted by Gasteiger charge is -2.43. The fraction of sp³-hybridized carbons (Fsp3) is 0.280. The Balaban J connectivity index is 1.42. The summed E-state index contributed by atoms with van der Waals surface area (Å²) in [7, 11) is 0. The molecule has 0 bridgehead atoms. The monoisotopic (exact) mass is 354 g/mol. The predicted molar refractivity (Wildman–Crippen MR) is 112 cm³/mol. The summed E-state index contributed by atoms with van der Waals surface area (Å²) >= 11 is 0. The second-order valence-corrected chi connectivity index (χ2v) is 7.75. The Bertz CT molecular complexity index is 918. The number of fused-ring (bicyclic) bond motifs is 5. The number of piperazine rings is 1. The molecule has 0 aliphatic carbocycles. The van der Waals surface area contributed by atoms with Crippen LogP contribution in [0.25, 0.3) is 0 Å². The standard InChI is InChI=1S/C25H26N2/c1-2-8-20(9-3-1)14-15-26-16-17-27-24-13-7-5-11-22(24)18-21-10-4-6-12-23(21)25(27)19-26/h1-13,25H,14-19H2. The van der Waals surface area contributed by atoms with Crippen molar-refractivity contribution in [1.82, 2.24) is 4.90 Å². The van der Waals surface area contributed by atoms with Crippen LogP contribution in [-0.4, -0.2) is 31.1 Å². The molecule has 27 heavy (non-hydrogen) atoms. The zero-order chi connectivity index (χ0) is 18.1. The first-order valence-electron chi connectivity index (χ1n) is 10.1. The van der Waals surface area contributed by atoms with E-state index in [4.69, 9.17) is 0 Å². The van der Waals surface area contributed by atoms with E-state index in [0.717, 1.165) is 39.0 Å². The smallest absolute Gasteiger partial charge is 0.0672 e. The molecule has 2 aliphatic heterocycles. The number of para-hydroxylation sites is 1. The molecule has 2 nitrogen and oxygen atoms in total. The largest absolute Gasteiger partial charge is 0.362 e. The van der Waals surface area contributed by atoms with Crippen LogP contribution in [0, 0.1) is 0 Å². The van der Waals surface area contributed by atoms with Crippen LogP contribution in [0.15, 0.2) is 78.9 Å². The summed E-state index contributed by atoms with van der Waals surface area (Å²) in [5.41, 5.74) is 7.33. The van der Waals surface area contributed by atoms with Crippen LogP contribution < -0.4 is 4.90 Å². The van der Waals surface area contributed by atoms with Crippen molar-refractivity contribution in [2.45, 2.75) is 18.9 Å². The average Bonchev–Trinajstić information content (AvgIpc) is 2.87. The van der Waals surface area contributed by atoms with Crippen molar-refractivity contribution in [1.29, 1.82) is 0 Å². The molecule has 5 rings (SSSR count). The summed E-state index contributed by atoms with van der Waals surface area (Å²) in [4.78, 5) is 5.30. The van der Waals surface area contributed by atoms with Gasteiger partial charge in [0.25, 0.3) is 0 Å². The predicted octanol–water partition coefficient (Wildman–Crippen LogP) is 4.70. The molecule has 0 spiro atoms. The molecule has 0 radical (unpaired) electrons. The summed E-state index contributed by atoms with van der Waals surface area (Å²) < 4.78 is 0. The highest BCUT2D eigenvalue weighted by Gasteiger charge is 2.32. The third-order valence-corrected chi connectivity index (χ3v) is 6.12. The summed E-state index contributed by atoms with van der Waals surface area (Å²) in [6, 6.07) is 29.4. The Morgan fingerprint density at radius 3 is 2.37 bits per heavy atom. The van der Waals surface area contributed by atoms with Crippen LogP contribution in [0.5, 0.6) is 0 Å². The quantitative estimate of drug-likeness (QED) is 0.673. The van der Waals surface area contributed by atoms with Crippen molar-refractivity contribution in [3.05, 3.63) is 101 Å². The van der Waals surface area contributed by atoms with E-state index in [-0.39, 0.29) is 0 Å². The molecule has 1 unspecified atom stereocenters. The number of rotatable bonds is 3. The lowest BCUT2D eigenvalue weighted by molar-refractivity contribution is 0.226. The molecule has 0 saturated carbocycles. The molecule has 0 aromatic heterocycles. The summed E-state index contributed by atoms with van der Waals surface area (Å²) in [6.07, 6.45) is 2.18. The van der Waals surface area contributed by atoms with Gasteiger partial charge in [-0.1, -0.05) is 72.8 Å². The molecule has 3 aromatic carbocycles. The maximum Gasteiger partial charge on any atom is 0.0672 e. The molecule has 1 fully saturated rings. The van der Waals surface area contributed by atoms with E-state index in [2.05, 4.69) is 88.7 Å². The zero-order valence-electron chi connectivity index (χ0n) is 15.7. The van der Waals surface area contributed by atoms with Crippen LogP contribution in [0.4, 0.5) is 5.69 Å². The van der Waals surface area contributed by atoms with Crippen molar-refractivity contribution < 1.29 is 0 Å². The molecule has 1 atom stereocenters. The van der Waals surface area contributed by atoms with Crippen LogP contribution in [0.2, 0.25) is 0 Å². The highest BCUT2D eigenvalue weighted by Crippen LogP contribution is 2.39. The van der Waals surface area contributed by atoms with E-state index in [1.165, 1.54) is 27.9 Å². The van der Waals surface area contributed by atoms with Gasteiger partial charge in [0.2, 0.25) is 0 Å². The fourth-order valence-corrected chi connectivity index (χ4v) is 4.69. The Hall–Kier alpha value is -2.58. The van der Waals surface area contributed by atoms with E-state index in [0.29, 0.717) is 6.04 Å². The van der Waals surface area contributed by atoms with E-state index >= 15 is 0 Å². The molecule has 2 aliphatic rings. The summed E-state index contributed by atoms with van der Waals surface area (Å²) in [5, 5.41) is 0. The first kappa shape index (κ1) is 16.6. The van der Waals surface area contributed by atoms with Gasteiger partial charge in [-0.3, -0.25) is 4.90 Å². The fourth-order valence-electron chi connectivity index (χ4n) is 4.69. The molecule has 136 valence electrons. The molecule has 3 aromatic rings. The van der Waals surface area contributed by atoms with Gasteiger partial charge >= 0.3 is 0 Å². The van der Waals surface area contributed by atoms with Crippen molar-refractivity contribution in [2.24, 2.45) is 0 Å². The van der Waals surface area contributed by atoms with Crippen molar-refractivity contribution in [2.75, 3.05) is 31.1 Å². The first-order chi connectivity index (χ1) is 13.4. The molecule has 2 heteroatoms. The Morgan fingerprint density at radius 1 is 0.741 bits per heavy atom. The van der Waals surface area contributed by atoms with E-state index in [9.17, 15) is 0 Å². The van der Waals surface area contributed by atoms with Gasteiger partial charge < -0.3 is 4.90 Å². The SMILES string of the molecule is c1ccc(CCN2CCN3c4ccccc4Cc4ccccc4C3C2)cc1. The molecular weight excluding hydrogens is 328 g/mol. The molecular formula is C25H26N2. The maximum atomic E-state index is 2.65. The van der Waals surface area contributed by atoms with Crippen molar-refractivity contribution in [3.8, 4) is 0 Å². The maximum absolute atomic E-state index is 2.65. The molecule has 0 amide bonds.